The van der Waals surface area contributed by atoms with Crippen LogP contribution in [0.25, 0.3) is 0 Å². The summed E-state index contributed by atoms with van der Waals surface area (Å²) in [6.07, 6.45) is 10.4. The van der Waals surface area contributed by atoms with Gasteiger partial charge >= 0.3 is 0 Å². The van der Waals surface area contributed by atoms with E-state index < -0.39 is 0 Å². The molecular weight excluding hydrogens is 198 g/mol. The van der Waals surface area contributed by atoms with E-state index in [0.717, 1.165) is 31.2 Å². The zero-order valence-corrected chi connectivity index (χ0v) is 10.2. The Labute approximate surface area is 98.4 Å². The number of hydrogen-bond donors (Lipinski definition) is 0. The van der Waals surface area contributed by atoms with E-state index in [1.807, 2.05) is 0 Å². The molecule has 0 amide bonds. The van der Waals surface area contributed by atoms with Gasteiger partial charge < -0.3 is 9.69 Å². The van der Waals surface area contributed by atoms with Crippen LogP contribution in [0.15, 0.2) is 0 Å². The third-order valence-corrected chi connectivity index (χ3v) is 5.19. The zero-order valence-electron chi connectivity index (χ0n) is 10.2. The van der Waals surface area contributed by atoms with Crippen LogP contribution in [0.1, 0.15) is 44.9 Å². The van der Waals surface area contributed by atoms with Gasteiger partial charge in [0.15, 0.2) is 0 Å². The lowest BCUT2D eigenvalue weighted by molar-refractivity contribution is -0.116. The highest BCUT2D eigenvalue weighted by Gasteiger charge is 2.41. The molecule has 2 nitrogen and oxygen atoms in total. The molecule has 16 heavy (non-hydrogen) atoms. The van der Waals surface area contributed by atoms with Gasteiger partial charge in [-0.25, -0.2) is 0 Å². The normalized spacial score (nSPS) is 37.8. The first-order chi connectivity index (χ1) is 7.81. The van der Waals surface area contributed by atoms with E-state index in [2.05, 4.69) is 4.90 Å². The van der Waals surface area contributed by atoms with Crippen molar-refractivity contribution in [2.45, 2.75) is 44.9 Å². The van der Waals surface area contributed by atoms with Gasteiger partial charge in [0, 0.05) is 25.0 Å². The second kappa shape index (κ2) is 4.14. The third-order valence-electron chi connectivity index (χ3n) is 5.19. The summed E-state index contributed by atoms with van der Waals surface area (Å²) in [4.78, 5) is 13.9. The van der Waals surface area contributed by atoms with Crippen LogP contribution < -0.4 is 0 Å². The highest BCUT2D eigenvalue weighted by atomic mass is 16.1. The molecule has 0 spiro atoms. The third kappa shape index (κ3) is 1.81. The number of carbonyl (C=O) groups excluding carboxylic acids is 1. The van der Waals surface area contributed by atoms with Crippen molar-refractivity contribution in [1.82, 2.24) is 4.90 Å². The molecule has 3 rings (SSSR count). The summed E-state index contributed by atoms with van der Waals surface area (Å²) in [5.41, 5.74) is 0.0403. The lowest BCUT2D eigenvalue weighted by Crippen LogP contribution is -2.36. The summed E-state index contributed by atoms with van der Waals surface area (Å²) in [6.45, 7) is 3.62. The minimum absolute atomic E-state index is 0.0403. The molecule has 2 unspecified atom stereocenters. The highest BCUT2D eigenvalue weighted by molar-refractivity contribution is 5.60. The quantitative estimate of drug-likeness (QED) is 0.682. The van der Waals surface area contributed by atoms with Crippen molar-refractivity contribution in [1.29, 1.82) is 0 Å². The van der Waals surface area contributed by atoms with Crippen molar-refractivity contribution in [3.05, 3.63) is 0 Å². The van der Waals surface area contributed by atoms with Crippen LogP contribution in [0, 0.1) is 17.3 Å². The van der Waals surface area contributed by atoms with Gasteiger partial charge in [0.25, 0.3) is 0 Å². The van der Waals surface area contributed by atoms with Gasteiger partial charge in [-0.2, -0.15) is 0 Å². The van der Waals surface area contributed by atoms with E-state index in [-0.39, 0.29) is 5.41 Å². The number of fused-ring (bicyclic) bond motifs is 1. The first-order valence-electron chi connectivity index (χ1n) is 7.00. The summed E-state index contributed by atoms with van der Waals surface area (Å²) < 4.78 is 0. The Hall–Kier alpha value is -0.370. The first-order valence-corrected chi connectivity index (χ1v) is 7.00. The number of rotatable bonds is 3. The van der Waals surface area contributed by atoms with Gasteiger partial charge in [0.1, 0.15) is 6.29 Å². The summed E-state index contributed by atoms with van der Waals surface area (Å²) in [6, 6.07) is 0. The summed E-state index contributed by atoms with van der Waals surface area (Å²) in [5.74, 6) is 1.93. The van der Waals surface area contributed by atoms with E-state index >= 15 is 0 Å². The zero-order chi connectivity index (χ0) is 11.0. The average Bonchev–Trinajstić information content (AvgIpc) is 2.93. The lowest BCUT2D eigenvalue weighted by atomic mass is 9.87. The van der Waals surface area contributed by atoms with Gasteiger partial charge in [-0.05, 0) is 37.5 Å². The molecule has 0 N–H and O–H groups in total. The maximum Gasteiger partial charge on any atom is 0.127 e. The van der Waals surface area contributed by atoms with Crippen molar-refractivity contribution in [2.75, 3.05) is 19.6 Å². The maximum atomic E-state index is 11.3. The molecule has 1 saturated heterocycles. The molecule has 0 aromatic heterocycles. The standard InChI is InChI=1S/C14H23NO/c16-11-14(6-1-2-7-14)10-15-8-12-4-3-5-13(12)9-15/h11-13H,1-10H2. The van der Waals surface area contributed by atoms with Crippen LogP contribution in [0.5, 0.6) is 0 Å². The van der Waals surface area contributed by atoms with E-state index in [1.165, 1.54) is 51.5 Å². The fourth-order valence-electron chi connectivity index (χ4n) is 4.30. The average molecular weight is 221 g/mol. The molecule has 0 radical (unpaired) electrons. The molecule has 1 heterocycles. The van der Waals surface area contributed by atoms with E-state index in [4.69, 9.17) is 0 Å². The minimum atomic E-state index is 0.0403. The summed E-state index contributed by atoms with van der Waals surface area (Å²) in [7, 11) is 0. The Balaban J connectivity index is 1.61. The Kier molecular flexibility index (Phi) is 2.78. The summed E-state index contributed by atoms with van der Waals surface area (Å²) in [5, 5.41) is 0. The predicted octanol–water partition coefficient (Wildman–Crippen LogP) is 2.48. The Bertz CT molecular complexity index is 258. The number of nitrogens with zero attached hydrogens (tertiary/aromatic N) is 1. The van der Waals surface area contributed by atoms with Crippen LogP contribution in [0.4, 0.5) is 0 Å². The molecule has 0 aromatic rings. The fourth-order valence-corrected chi connectivity index (χ4v) is 4.30. The number of likely N-dealkylation sites (tertiary alicyclic amines) is 1. The molecule has 90 valence electrons. The molecule has 1 aliphatic heterocycles. The van der Waals surface area contributed by atoms with Gasteiger partial charge in [0.2, 0.25) is 0 Å². The van der Waals surface area contributed by atoms with Crippen molar-refractivity contribution in [3.63, 3.8) is 0 Å². The Morgan fingerprint density at radius 2 is 1.69 bits per heavy atom. The van der Waals surface area contributed by atoms with E-state index in [0.29, 0.717) is 0 Å². The SMILES string of the molecule is O=CC1(CN2CC3CCCC3C2)CCCC1. The monoisotopic (exact) mass is 221 g/mol. The van der Waals surface area contributed by atoms with Crippen molar-refractivity contribution < 1.29 is 4.79 Å². The lowest BCUT2D eigenvalue weighted by Gasteiger charge is -2.28. The first kappa shape index (κ1) is 10.8. The molecule has 2 saturated carbocycles. The number of aldehydes is 1. The largest absolute Gasteiger partial charge is 0.303 e. The van der Waals surface area contributed by atoms with Gasteiger partial charge in [0.05, 0.1) is 0 Å². The van der Waals surface area contributed by atoms with Gasteiger partial charge in [-0.1, -0.05) is 19.3 Å². The smallest absolute Gasteiger partial charge is 0.127 e. The fraction of sp³-hybridized carbons (Fsp3) is 0.929. The van der Waals surface area contributed by atoms with Crippen molar-refractivity contribution in [3.8, 4) is 0 Å². The maximum absolute atomic E-state index is 11.3. The van der Waals surface area contributed by atoms with Crippen LogP contribution in [-0.4, -0.2) is 30.8 Å². The molecule has 2 heteroatoms. The molecule has 3 aliphatic rings. The van der Waals surface area contributed by atoms with Gasteiger partial charge in [-0.3, -0.25) is 0 Å². The van der Waals surface area contributed by atoms with Crippen molar-refractivity contribution in [2.24, 2.45) is 17.3 Å². The van der Waals surface area contributed by atoms with E-state index in [1.54, 1.807) is 0 Å². The van der Waals surface area contributed by atoms with E-state index in [9.17, 15) is 4.79 Å². The predicted molar refractivity (Wildman–Crippen MR) is 64.2 cm³/mol. The summed E-state index contributed by atoms with van der Waals surface area (Å²) >= 11 is 0. The Morgan fingerprint density at radius 1 is 1.06 bits per heavy atom. The highest BCUT2D eigenvalue weighted by Crippen LogP contribution is 2.42. The molecule has 0 bridgehead atoms. The molecule has 0 aromatic carbocycles. The van der Waals surface area contributed by atoms with Crippen LogP contribution in [-0.2, 0) is 4.79 Å². The topological polar surface area (TPSA) is 20.3 Å². The second-order valence-electron chi connectivity index (χ2n) is 6.33. The van der Waals surface area contributed by atoms with Crippen LogP contribution >= 0.6 is 0 Å². The number of carbonyl (C=O) groups is 1. The Morgan fingerprint density at radius 3 is 2.25 bits per heavy atom. The second-order valence-corrected chi connectivity index (χ2v) is 6.33. The van der Waals surface area contributed by atoms with Crippen LogP contribution in [0.2, 0.25) is 0 Å². The molecule has 2 atom stereocenters. The molecule has 2 aliphatic carbocycles. The molecule has 3 fully saturated rings. The molecular formula is C14H23NO. The van der Waals surface area contributed by atoms with Gasteiger partial charge in [-0.15, -0.1) is 0 Å². The number of hydrogen-bond acceptors (Lipinski definition) is 2. The minimum Gasteiger partial charge on any atom is -0.303 e. The van der Waals surface area contributed by atoms with Crippen molar-refractivity contribution >= 4 is 6.29 Å². The van der Waals surface area contributed by atoms with Crippen LogP contribution in [0.3, 0.4) is 0 Å².